The summed E-state index contributed by atoms with van der Waals surface area (Å²) in [5.74, 6) is 0.733. The van der Waals surface area contributed by atoms with Crippen molar-refractivity contribution < 1.29 is 21.3 Å². The van der Waals surface area contributed by atoms with Crippen LogP contribution < -0.4 is 0 Å². The molecule has 3 aliphatic carbocycles. The van der Waals surface area contributed by atoms with Gasteiger partial charge in [-0.05, 0) is 0 Å². The zero-order valence-electron chi connectivity index (χ0n) is 25.4. The molecule has 40 heavy (non-hydrogen) atoms. The molecule has 3 aromatic carbocycles. The van der Waals surface area contributed by atoms with Crippen LogP contribution in [-0.4, -0.2) is 3.21 Å². The Morgan fingerprint density at radius 3 is 1.68 bits per heavy atom. The van der Waals surface area contributed by atoms with Crippen molar-refractivity contribution in [1.29, 1.82) is 0 Å². The Hall–Kier alpha value is -2.11. The van der Waals surface area contributed by atoms with Crippen LogP contribution in [0, 0.1) is 5.92 Å². The fourth-order valence-corrected chi connectivity index (χ4v) is 17.4. The zero-order chi connectivity index (χ0) is 28.1. The summed E-state index contributed by atoms with van der Waals surface area (Å²) in [4.78, 5) is 0. The average Bonchev–Trinajstić information content (AvgIpc) is 3.58. The van der Waals surface area contributed by atoms with Crippen molar-refractivity contribution in [3.63, 3.8) is 0 Å². The second-order valence-corrected chi connectivity index (χ2v) is 21.0. The quantitative estimate of drug-likeness (QED) is 0.277. The summed E-state index contributed by atoms with van der Waals surface area (Å²) in [5, 5.41) is 0. The molecular weight excluding hydrogens is 560 g/mol. The first-order valence-corrected chi connectivity index (χ1v) is 19.6. The molecule has 0 saturated heterocycles. The first kappa shape index (κ1) is 28.0. The molecule has 0 spiro atoms. The van der Waals surface area contributed by atoms with E-state index < -0.39 is 21.3 Å². The Kier molecular flexibility index (Phi) is 7.67. The van der Waals surface area contributed by atoms with Gasteiger partial charge in [-0.1, -0.05) is 0 Å². The van der Waals surface area contributed by atoms with Crippen LogP contribution in [0.25, 0.3) is 11.1 Å². The summed E-state index contributed by atoms with van der Waals surface area (Å²) in [6.07, 6.45) is 16.7. The standard InChI is InChI=1S/C21H25.C13H16.C5H5.Zr/c1-20(2,3)16-7-9-18-14(12-16)11-15-13-17(21(4,5)6)8-10-19(15)18;1-3-7-12(8-4-1)11-13-9-5-2-6-10-13;1-2-4-5-3-1;/h7-13H,1-6H3;1,3-4,7-8,13H,2,5-6,9-10H2;1-5H;. The third-order valence-electron chi connectivity index (χ3n) is 9.57. The van der Waals surface area contributed by atoms with Crippen LogP contribution in [-0.2, 0) is 32.1 Å². The minimum absolute atomic E-state index is 0.136. The number of hydrogen-bond donors (Lipinski definition) is 0. The van der Waals surface area contributed by atoms with Gasteiger partial charge in [-0.15, -0.1) is 0 Å². The van der Waals surface area contributed by atoms with E-state index in [1.807, 2.05) is 3.21 Å². The molecule has 206 valence electrons. The van der Waals surface area contributed by atoms with Gasteiger partial charge in [0.25, 0.3) is 0 Å². The fraction of sp³-hybridized carbons (Fsp3) is 0.410. The van der Waals surface area contributed by atoms with Gasteiger partial charge in [-0.3, -0.25) is 0 Å². The molecule has 3 aromatic rings. The molecule has 1 saturated carbocycles. The first-order valence-electron chi connectivity index (χ1n) is 15.6. The van der Waals surface area contributed by atoms with E-state index in [2.05, 4.69) is 133 Å². The van der Waals surface area contributed by atoms with E-state index in [9.17, 15) is 0 Å². The van der Waals surface area contributed by atoms with Gasteiger partial charge in [-0.2, -0.15) is 0 Å². The van der Waals surface area contributed by atoms with Crippen LogP contribution >= 0.6 is 0 Å². The SMILES string of the molecule is CC(C)(C)c1ccc2c(c1)[CH]([Zr](=[C](c1ccccc1)C1CCCCC1)[CH]1C=CC=C1)c1cc(C(C)(C)C)ccc1-2. The predicted octanol–water partition coefficient (Wildman–Crippen LogP) is 10.7. The predicted molar refractivity (Wildman–Crippen MR) is 170 cm³/mol. The summed E-state index contributed by atoms with van der Waals surface area (Å²) >= 11 is -2.48. The Morgan fingerprint density at radius 1 is 0.650 bits per heavy atom. The molecule has 0 radical (unpaired) electrons. The van der Waals surface area contributed by atoms with E-state index >= 15 is 0 Å². The van der Waals surface area contributed by atoms with E-state index in [4.69, 9.17) is 0 Å². The summed E-state index contributed by atoms with van der Waals surface area (Å²) in [7, 11) is 0. The third kappa shape index (κ3) is 5.29. The Labute approximate surface area is 250 Å². The van der Waals surface area contributed by atoms with Gasteiger partial charge in [-0.25, -0.2) is 0 Å². The second kappa shape index (κ2) is 10.9. The molecule has 0 aromatic heterocycles. The molecule has 0 heterocycles. The summed E-state index contributed by atoms with van der Waals surface area (Å²) in [6.45, 7) is 14.2. The van der Waals surface area contributed by atoms with Crippen LogP contribution in [0.4, 0.5) is 0 Å². The Bertz CT molecular complexity index is 1400. The normalized spacial score (nSPS) is 18.6. The van der Waals surface area contributed by atoms with Gasteiger partial charge in [0.05, 0.1) is 0 Å². The number of benzene rings is 3. The van der Waals surface area contributed by atoms with Gasteiger partial charge in [0.15, 0.2) is 0 Å². The average molecular weight is 606 g/mol. The maximum absolute atomic E-state index is 2.63. The molecule has 0 nitrogen and oxygen atoms in total. The Morgan fingerprint density at radius 2 is 1.18 bits per heavy atom. The molecule has 6 rings (SSSR count). The number of allylic oxidation sites excluding steroid dienone is 4. The minimum atomic E-state index is -2.48. The third-order valence-corrected chi connectivity index (χ3v) is 18.6. The van der Waals surface area contributed by atoms with E-state index in [1.165, 1.54) is 54.4 Å². The van der Waals surface area contributed by atoms with Crippen LogP contribution in [0.2, 0.25) is 3.63 Å². The van der Waals surface area contributed by atoms with E-state index in [-0.39, 0.29) is 10.8 Å². The molecular formula is C39H46Zr. The van der Waals surface area contributed by atoms with Crippen LogP contribution in [0.1, 0.15) is 105 Å². The molecule has 0 amide bonds. The van der Waals surface area contributed by atoms with Crippen molar-refractivity contribution in [2.45, 2.75) is 91.7 Å². The zero-order valence-corrected chi connectivity index (χ0v) is 27.9. The van der Waals surface area contributed by atoms with Crippen molar-refractivity contribution in [2.24, 2.45) is 5.92 Å². The molecule has 0 bridgehead atoms. The van der Waals surface area contributed by atoms with Crippen LogP contribution in [0.15, 0.2) is 91.0 Å². The molecule has 1 fully saturated rings. The van der Waals surface area contributed by atoms with E-state index in [1.54, 1.807) is 16.7 Å². The van der Waals surface area contributed by atoms with E-state index in [0.717, 1.165) is 5.92 Å². The summed E-state index contributed by atoms with van der Waals surface area (Å²) in [5.41, 5.74) is 11.0. The van der Waals surface area contributed by atoms with Crippen molar-refractivity contribution >= 4 is 3.21 Å². The van der Waals surface area contributed by atoms with Gasteiger partial charge in [0, 0.05) is 0 Å². The van der Waals surface area contributed by atoms with Crippen molar-refractivity contribution in [3.8, 4) is 11.1 Å². The van der Waals surface area contributed by atoms with Crippen molar-refractivity contribution in [3.05, 3.63) is 119 Å². The number of rotatable bonds is 4. The summed E-state index contributed by atoms with van der Waals surface area (Å²) < 4.78 is 3.03. The Balaban J connectivity index is 1.69. The van der Waals surface area contributed by atoms with Gasteiger partial charge < -0.3 is 0 Å². The molecule has 0 N–H and O–H groups in total. The summed E-state index contributed by atoms with van der Waals surface area (Å²) in [6, 6.07) is 26.7. The monoisotopic (exact) mass is 604 g/mol. The van der Waals surface area contributed by atoms with Gasteiger partial charge in [0.2, 0.25) is 0 Å². The van der Waals surface area contributed by atoms with E-state index in [0.29, 0.717) is 7.25 Å². The molecule has 1 heteroatoms. The second-order valence-electron chi connectivity index (χ2n) is 14.4. The first-order chi connectivity index (χ1) is 19.1. The number of fused-ring (bicyclic) bond motifs is 3. The molecule has 3 aliphatic rings. The van der Waals surface area contributed by atoms with Gasteiger partial charge in [0.1, 0.15) is 0 Å². The number of hydrogen-bond acceptors (Lipinski definition) is 0. The topological polar surface area (TPSA) is 0 Å². The van der Waals surface area contributed by atoms with Crippen LogP contribution in [0.5, 0.6) is 0 Å². The molecule has 0 atom stereocenters. The van der Waals surface area contributed by atoms with Crippen molar-refractivity contribution in [1.82, 2.24) is 0 Å². The molecule has 0 aliphatic heterocycles. The van der Waals surface area contributed by atoms with Gasteiger partial charge >= 0.3 is 252 Å². The van der Waals surface area contributed by atoms with Crippen molar-refractivity contribution in [2.75, 3.05) is 0 Å². The fourth-order valence-electron chi connectivity index (χ4n) is 7.34. The van der Waals surface area contributed by atoms with Crippen LogP contribution in [0.3, 0.4) is 0 Å². The molecule has 0 unspecified atom stereocenters. The maximum atomic E-state index is 2.63.